The molecule has 0 N–H and O–H groups in total. The smallest absolute Gasteiger partial charge is 0.00165 e. The molecule has 1 aliphatic carbocycles. The van der Waals surface area contributed by atoms with Crippen LogP contribution in [0.2, 0.25) is 0 Å². The lowest BCUT2D eigenvalue weighted by molar-refractivity contribution is 0.338. The lowest BCUT2D eigenvalue weighted by Crippen LogP contribution is -2.18. The van der Waals surface area contributed by atoms with Crippen LogP contribution in [0.5, 0.6) is 0 Å². The summed E-state index contributed by atoms with van der Waals surface area (Å²) >= 11 is 0. The number of hydrogen-bond donors (Lipinski definition) is 0. The lowest BCUT2D eigenvalue weighted by Gasteiger charge is -2.12. The van der Waals surface area contributed by atoms with Gasteiger partial charge in [0.25, 0.3) is 0 Å². The maximum Gasteiger partial charge on any atom is -0.00165 e. The standard InChI is InChI=1S/C9H17N.C3H8/c1-10-7-2-3-9(4-5-9)6-8-10;1-3-2/h2-8H2,1H3;3H2,1-2H3. The Labute approximate surface area is 83.5 Å². The van der Waals surface area contributed by atoms with E-state index < -0.39 is 0 Å². The summed E-state index contributed by atoms with van der Waals surface area (Å²) in [5.41, 5.74) is 0.852. The number of likely N-dealkylation sites (tertiary alicyclic amines) is 1. The highest BCUT2D eigenvalue weighted by Crippen LogP contribution is 2.53. The zero-order valence-corrected chi connectivity index (χ0v) is 9.60. The second-order valence-electron chi connectivity index (χ2n) is 4.86. The average molecular weight is 183 g/mol. The molecule has 1 saturated heterocycles. The third-order valence-electron chi connectivity index (χ3n) is 3.23. The molecule has 1 aliphatic heterocycles. The van der Waals surface area contributed by atoms with Gasteiger partial charge in [0.1, 0.15) is 0 Å². The minimum absolute atomic E-state index is 0.852. The average Bonchev–Trinajstić information content (AvgIpc) is 2.86. The van der Waals surface area contributed by atoms with Gasteiger partial charge in [-0.25, -0.2) is 0 Å². The van der Waals surface area contributed by atoms with Crippen LogP contribution in [-0.2, 0) is 0 Å². The fourth-order valence-electron chi connectivity index (χ4n) is 2.07. The van der Waals surface area contributed by atoms with Gasteiger partial charge in [0.15, 0.2) is 0 Å². The molecule has 13 heavy (non-hydrogen) atoms. The third kappa shape index (κ3) is 3.68. The van der Waals surface area contributed by atoms with Gasteiger partial charge in [-0.15, -0.1) is 0 Å². The second kappa shape index (κ2) is 4.99. The van der Waals surface area contributed by atoms with E-state index in [9.17, 15) is 0 Å². The van der Waals surface area contributed by atoms with Crippen molar-refractivity contribution in [3.63, 3.8) is 0 Å². The van der Waals surface area contributed by atoms with E-state index in [1.54, 1.807) is 0 Å². The van der Waals surface area contributed by atoms with Gasteiger partial charge in [-0.05, 0) is 57.7 Å². The largest absolute Gasteiger partial charge is 0.306 e. The quantitative estimate of drug-likeness (QED) is 0.557. The molecule has 0 amide bonds. The maximum atomic E-state index is 2.48. The molecule has 1 spiro atoms. The summed E-state index contributed by atoms with van der Waals surface area (Å²) in [4.78, 5) is 2.48. The molecule has 1 heterocycles. The monoisotopic (exact) mass is 183 g/mol. The molecule has 0 radical (unpaired) electrons. The van der Waals surface area contributed by atoms with Gasteiger partial charge < -0.3 is 4.90 Å². The highest BCUT2D eigenvalue weighted by molar-refractivity contribution is 4.94. The molecule has 0 unspecified atom stereocenters. The molecule has 1 nitrogen and oxygen atoms in total. The van der Waals surface area contributed by atoms with Crippen LogP contribution < -0.4 is 0 Å². The van der Waals surface area contributed by atoms with Gasteiger partial charge in [0.2, 0.25) is 0 Å². The number of rotatable bonds is 0. The van der Waals surface area contributed by atoms with E-state index in [1.165, 1.54) is 51.6 Å². The van der Waals surface area contributed by atoms with Crippen molar-refractivity contribution in [2.45, 2.75) is 52.4 Å². The van der Waals surface area contributed by atoms with E-state index in [-0.39, 0.29) is 0 Å². The fraction of sp³-hybridized carbons (Fsp3) is 1.00. The Kier molecular flexibility index (Phi) is 4.24. The number of nitrogens with zero attached hydrogens (tertiary/aromatic N) is 1. The highest BCUT2D eigenvalue weighted by atomic mass is 15.1. The molecular formula is C12H25N. The van der Waals surface area contributed by atoms with Crippen LogP contribution in [0.3, 0.4) is 0 Å². The summed E-state index contributed by atoms with van der Waals surface area (Å²) in [7, 11) is 2.25. The maximum absolute atomic E-state index is 2.48. The van der Waals surface area contributed by atoms with E-state index >= 15 is 0 Å². The Hall–Kier alpha value is -0.0400. The van der Waals surface area contributed by atoms with Crippen molar-refractivity contribution < 1.29 is 0 Å². The molecule has 1 heteroatoms. The Bertz CT molecular complexity index is 138. The van der Waals surface area contributed by atoms with Crippen molar-refractivity contribution in [3.05, 3.63) is 0 Å². The summed E-state index contributed by atoms with van der Waals surface area (Å²) in [6, 6.07) is 0. The molecule has 0 aromatic carbocycles. The molecule has 0 atom stereocenters. The summed E-state index contributed by atoms with van der Waals surface area (Å²) in [5.74, 6) is 0. The summed E-state index contributed by atoms with van der Waals surface area (Å²) < 4.78 is 0. The van der Waals surface area contributed by atoms with Gasteiger partial charge in [-0.1, -0.05) is 20.3 Å². The van der Waals surface area contributed by atoms with E-state index in [1.807, 2.05) is 0 Å². The van der Waals surface area contributed by atoms with Crippen LogP contribution in [0, 0.1) is 5.41 Å². The van der Waals surface area contributed by atoms with Crippen LogP contribution >= 0.6 is 0 Å². The third-order valence-corrected chi connectivity index (χ3v) is 3.23. The van der Waals surface area contributed by atoms with Crippen molar-refractivity contribution in [1.82, 2.24) is 4.90 Å². The number of hydrogen-bond acceptors (Lipinski definition) is 1. The predicted molar refractivity (Wildman–Crippen MR) is 59.0 cm³/mol. The SMILES string of the molecule is CCC.CN1CCCC2(CC1)CC2. The van der Waals surface area contributed by atoms with Crippen molar-refractivity contribution in [1.29, 1.82) is 0 Å². The first-order chi connectivity index (χ1) is 6.22. The van der Waals surface area contributed by atoms with Crippen LogP contribution in [0.25, 0.3) is 0 Å². The Morgan fingerprint density at radius 2 is 1.62 bits per heavy atom. The van der Waals surface area contributed by atoms with E-state index in [0.717, 1.165) is 5.41 Å². The summed E-state index contributed by atoms with van der Waals surface area (Å²) in [6.45, 7) is 6.93. The van der Waals surface area contributed by atoms with Gasteiger partial charge in [-0.2, -0.15) is 0 Å². The van der Waals surface area contributed by atoms with Gasteiger partial charge >= 0.3 is 0 Å². The molecular weight excluding hydrogens is 158 g/mol. The van der Waals surface area contributed by atoms with E-state index in [0.29, 0.717) is 0 Å². The van der Waals surface area contributed by atoms with Crippen LogP contribution in [0.15, 0.2) is 0 Å². The minimum Gasteiger partial charge on any atom is -0.306 e. The van der Waals surface area contributed by atoms with E-state index in [2.05, 4.69) is 25.8 Å². The first kappa shape index (κ1) is 11.0. The van der Waals surface area contributed by atoms with Crippen molar-refractivity contribution in [3.8, 4) is 0 Å². The summed E-state index contributed by atoms with van der Waals surface area (Å²) in [6.07, 6.45) is 8.74. The molecule has 78 valence electrons. The predicted octanol–water partition coefficient (Wildman–Crippen LogP) is 3.30. The zero-order chi connectivity index (χ0) is 9.73. The van der Waals surface area contributed by atoms with Gasteiger partial charge in [0.05, 0.1) is 0 Å². The first-order valence-electron chi connectivity index (χ1n) is 5.91. The molecule has 2 rings (SSSR count). The molecule has 2 fully saturated rings. The fourth-order valence-corrected chi connectivity index (χ4v) is 2.07. The minimum atomic E-state index is 0.852. The Balaban J connectivity index is 0.000000251. The van der Waals surface area contributed by atoms with Crippen LogP contribution in [0.1, 0.15) is 52.4 Å². The molecule has 0 bridgehead atoms. The summed E-state index contributed by atoms with van der Waals surface area (Å²) in [5, 5.41) is 0. The van der Waals surface area contributed by atoms with E-state index in [4.69, 9.17) is 0 Å². The zero-order valence-electron chi connectivity index (χ0n) is 9.60. The van der Waals surface area contributed by atoms with Gasteiger partial charge in [-0.3, -0.25) is 0 Å². The van der Waals surface area contributed by atoms with Crippen molar-refractivity contribution in [2.75, 3.05) is 20.1 Å². The van der Waals surface area contributed by atoms with Crippen molar-refractivity contribution in [2.24, 2.45) is 5.41 Å². The first-order valence-corrected chi connectivity index (χ1v) is 5.91. The normalized spacial score (nSPS) is 26.1. The van der Waals surface area contributed by atoms with Crippen molar-refractivity contribution >= 4 is 0 Å². The topological polar surface area (TPSA) is 3.24 Å². The van der Waals surface area contributed by atoms with Gasteiger partial charge in [0, 0.05) is 0 Å². The van der Waals surface area contributed by atoms with Crippen LogP contribution in [0.4, 0.5) is 0 Å². The highest BCUT2D eigenvalue weighted by Gasteiger charge is 2.42. The van der Waals surface area contributed by atoms with Crippen LogP contribution in [-0.4, -0.2) is 25.0 Å². The molecule has 2 aliphatic rings. The Morgan fingerprint density at radius 3 is 2.15 bits per heavy atom. The second-order valence-corrected chi connectivity index (χ2v) is 4.86. The molecule has 0 aromatic heterocycles. The molecule has 1 saturated carbocycles. The molecule has 0 aromatic rings. The lowest BCUT2D eigenvalue weighted by atomic mass is 9.98. The Morgan fingerprint density at radius 1 is 1.00 bits per heavy atom.